The standard InChI is InChI=1S/C29H31FN4O2/c1-3-36-27-10-5-4-9-25(27)32-13-15-33(16-14-32)29(35)19-24(22-7-6-8-23(30)18-22)26-20-31-28-17-21(2)11-12-34(26)28/h4-12,17-18,20,24H,3,13-16,19H2,1-2H3. The van der Waals surface area contributed by atoms with Crippen molar-refractivity contribution < 1.29 is 13.9 Å². The van der Waals surface area contributed by atoms with Crippen LogP contribution in [0.2, 0.25) is 0 Å². The van der Waals surface area contributed by atoms with Crippen molar-refractivity contribution in [2.75, 3.05) is 37.7 Å². The predicted octanol–water partition coefficient (Wildman–Crippen LogP) is 5.05. The summed E-state index contributed by atoms with van der Waals surface area (Å²) in [6.45, 7) is 7.33. The topological polar surface area (TPSA) is 50.1 Å². The van der Waals surface area contributed by atoms with Gasteiger partial charge in [0.1, 0.15) is 17.2 Å². The van der Waals surface area contributed by atoms with Crippen LogP contribution in [0.25, 0.3) is 5.65 Å². The van der Waals surface area contributed by atoms with E-state index in [0.717, 1.165) is 47.0 Å². The Balaban J connectivity index is 1.35. The number of ether oxygens (including phenoxy) is 1. The molecule has 5 rings (SSSR count). The Hall–Kier alpha value is -3.87. The number of pyridine rings is 1. The molecule has 0 saturated carbocycles. The van der Waals surface area contributed by atoms with Crippen molar-refractivity contribution in [3.05, 3.63) is 95.7 Å². The van der Waals surface area contributed by atoms with E-state index >= 15 is 0 Å². The molecule has 4 aromatic rings. The predicted molar refractivity (Wildman–Crippen MR) is 139 cm³/mol. The van der Waals surface area contributed by atoms with Gasteiger partial charge in [0.05, 0.1) is 18.0 Å². The first-order chi connectivity index (χ1) is 17.5. The summed E-state index contributed by atoms with van der Waals surface area (Å²) in [5.41, 5.74) is 4.65. The molecule has 2 aromatic carbocycles. The molecule has 0 radical (unpaired) electrons. The van der Waals surface area contributed by atoms with Crippen LogP contribution < -0.4 is 9.64 Å². The first kappa shape index (κ1) is 23.9. The summed E-state index contributed by atoms with van der Waals surface area (Å²) < 4.78 is 22.0. The second kappa shape index (κ2) is 10.4. The summed E-state index contributed by atoms with van der Waals surface area (Å²) in [7, 11) is 0. The van der Waals surface area contributed by atoms with Crippen LogP contribution in [0.4, 0.5) is 10.1 Å². The molecule has 1 fully saturated rings. The van der Waals surface area contributed by atoms with E-state index in [0.29, 0.717) is 19.7 Å². The number of rotatable bonds is 7. The number of amides is 1. The zero-order valence-electron chi connectivity index (χ0n) is 20.7. The monoisotopic (exact) mass is 486 g/mol. The summed E-state index contributed by atoms with van der Waals surface area (Å²) in [6, 6.07) is 18.6. The lowest BCUT2D eigenvalue weighted by molar-refractivity contribution is -0.131. The van der Waals surface area contributed by atoms with Gasteiger partial charge in [-0.2, -0.15) is 0 Å². The summed E-state index contributed by atoms with van der Waals surface area (Å²) in [4.78, 5) is 22.3. The number of benzene rings is 2. The van der Waals surface area contributed by atoms with Crippen molar-refractivity contribution in [3.8, 4) is 5.75 Å². The maximum Gasteiger partial charge on any atom is 0.223 e. The number of para-hydroxylation sites is 2. The fourth-order valence-electron chi connectivity index (χ4n) is 4.97. The summed E-state index contributed by atoms with van der Waals surface area (Å²) in [6.07, 6.45) is 4.03. The van der Waals surface area contributed by atoms with Crippen molar-refractivity contribution >= 4 is 17.2 Å². The van der Waals surface area contributed by atoms with Crippen LogP contribution in [0.5, 0.6) is 5.75 Å². The molecule has 1 atom stereocenters. The average Bonchev–Trinajstić information content (AvgIpc) is 3.30. The SMILES string of the molecule is CCOc1ccccc1N1CCN(C(=O)CC(c2cccc(F)c2)c2cnc3cc(C)ccn23)CC1. The van der Waals surface area contributed by atoms with Crippen LogP contribution in [0.15, 0.2) is 73.1 Å². The van der Waals surface area contributed by atoms with Gasteiger partial charge in [-0.25, -0.2) is 9.37 Å². The lowest BCUT2D eigenvalue weighted by Gasteiger charge is -2.37. The second-order valence-electron chi connectivity index (χ2n) is 9.20. The zero-order chi connectivity index (χ0) is 25.1. The number of nitrogens with zero attached hydrogens (tertiary/aromatic N) is 4. The van der Waals surface area contributed by atoms with Gasteiger partial charge < -0.3 is 18.9 Å². The number of fused-ring (bicyclic) bond motifs is 1. The molecule has 1 aliphatic heterocycles. The van der Waals surface area contributed by atoms with E-state index in [1.165, 1.54) is 12.1 Å². The molecule has 186 valence electrons. The van der Waals surface area contributed by atoms with E-state index in [1.54, 1.807) is 12.3 Å². The number of carbonyl (C=O) groups is 1. The Morgan fingerprint density at radius 3 is 2.64 bits per heavy atom. The first-order valence-corrected chi connectivity index (χ1v) is 12.5. The van der Waals surface area contributed by atoms with E-state index in [2.05, 4.69) is 16.0 Å². The quantitative estimate of drug-likeness (QED) is 0.367. The summed E-state index contributed by atoms with van der Waals surface area (Å²) in [5, 5.41) is 0. The zero-order valence-corrected chi connectivity index (χ0v) is 20.7. The molecule has 1 unspecified atom stereocenters. The molecule has 7 heteroatoms. The van der Waals surface area contributed by atoms with E-state index in [4.69, 9.17) is 4.74 Å². The fraction of sp³-hybridized carbons (Fsp3) is 0.310. The van der Waals surface area contributed by atoms with Crippen molar-refractivity contribution in [3.63, 3.8) is 0 Å². The molecule has 2 aromatic heterocycles. The van der Waals surface area contributed by atoms with Crippen molar-refractivity contribution in [2.24, 2.45) is 0 Å². The molecule has 3 heterocycles. The average molecular weight is 487 g/mol. The number of hydrogen-bond acceptors (Lipinski definition) is 4. The number of imidazole rings is 1. The Morgan fingerprint density at radius 1 is 1.06 bits per heavy atom. The summed E-state index contributed by atoms with van der Waals surface area (Å²) in [5.74, 6) is 0.316. The van der Waals surface area contributed by atoms with Crippen LogP contribution in [0, 0.1) is 12.7 Å². The van der Waals surface area contributed by atoms with E-state index in [-0.39, 0.29) is 24.1 Å². The lowest BCUT2D eigenvalue weighted by atomic mass is 9.92. The molecule has 36 heavy (non-hydrogen) atoms. The number of halogens is 1. The molecule has 0 aliphatic carbocycles. The van der Waals surface area contributed by atoms with E-state index in [1.807, 2.05) is 65.7 Å². The van der Waals surface area contributed by atoms with Crippen LogP contribution in [0.1, 0.15) is 36.1 Å². The molecule has 6 nitrogen and oxygen atoms in total. The Labute approximate surface area is 210 Å². The van der Waals surface area contributed by atoms with Gasteiger partial charge in [0.2, 0.25) is 5.91 Å². The van der Waals surface area contributed by atoms with E-state index in [9.17, 15) is 9.18 Å². The number of hydrogen-bond donors (Lipinski definition) is 0. The van der Waals surface area contributed by atoms with Gasteiger partial charge in [-0.05, 0) is 61.4 Å². The van der Waals surface area contributed by atoms with Gasteiger partial charge in [-0.15, -0.1) is 0 Å². The fourth-order valence-corrected chi connectivity index (χ4v) is 4.97. The Bertz CT molecular complexity index is 1360. The lowest BCUT2D eigenvalue weighted by Crippen LogP contribution is -2.49. The summed E-state index contributed by atoms with van der Waals surface area (Å²) >= 11 is 0. The third kappa shape index (κ3) is 4.91. The normalized spacial score (nSPS) is 14.8. The van der Waals surface area contributed by atoms with E-state index < -0.39 is 0 Å². The molecular formula is C29H31FN4O2. The van der Waals surface area contributed by atoms with Crippen LogP contribution in [0.3, 0.4) is 0 Å². The smallest absolute Gasteiger partial charge is 0.223 e. The Kier molecular flexibility index (Phi) is 6.89. The maximum absolute atomic E-state index is 14.2. The van der Waals surface area contributed by atoms with Crippen LogP contribution in [-0.4, -0.2) is 53.0 Å². The minimum Gasteiger partial charge on any atom is -0.492 e. The van der Waals surface area contributed by atoms with Crippen molar-refractivity contribution in [2.45, 2.75) is 26.2 Å². The molecule has 0 bridgehead atoms. The third-order valence-corrected chi connectivity index (χ3v) is 6.82. The largest absolute Gasteiger partial charge is 0.492 e. The number of carbonyl (C=O) groups excluding carboxylic acids is 1. The minimum atomic E-state index is -0.309. The van der Waals surface area contributed by atoms with Gasteiger partial charge in [0, 0.05) is 50.9 Å². The van der Waals surface area contributed by atoms with Crippen molar-refractivity contribution in [1.82, 2.24) is 14.3 Å². The van der Waals surface area contributed by atoms with Crippen LogP contribution in [-0.2, 0) is 4.79 Å². The maximum atomic E-state index is 14.2. The molecule has 0 N–H and O–H groups in total. The van der Waals surface area contributed by atoms with Gasteiger partial charge in [0.15, 0.2) is 0 Å². The molecule has 1 amide bonds. The number of aromatic nitrogens is 2. The minimum absolute atomic E-state index is 0.0593. The highest BCUT2D eigenvalue weighted by Crippen LogP contribution is 2.32. The third-order valence-electron chi connectivity index (χ3n) is 6.82. The molecular weight excluding hydrogens is 455 g/mol. The van der Waals surface area contributed by atoms with Crippen molar-refractivity contribution in [1.29, 1.82) is 0 Å². The van der Waals surface area contributed by atoms with Gasteiger partial charge >= 0.3 is 0 Å². The molecule has 1 aliphatic rings. The first-order valence-electron chi connectivity index (χ1n) is 12.5. The number of piperazine rings is 1. The second-order valence-corrected chi connectivity index (χ2v) is 9.20. The van der Waals surface area contributed by atoms with Gasteiger partial charge in [0.25, 0.3) is 0 Å². The van der Waals surface area contributed by atoms with Crippen LogP contribution >= 0.6 is 0 Å². The Morgan fingerprint density at radius 2 is 1.86 bits per heavy atom. The molecule has 1 saturated heterocycles. The highest BCUT2D eigenvalue weighted by atomic mass is 19.1. The highest BCUT2D eigenvalue weighted by Gasteiger charge is 2.28. The van der Waals surface area contributed by atoms with Gasteiger partial charge in [-0.1, -0.05) is 24.3 Å². The molecule has 0 spiro atoms. The number of anilines is 1. The van der Waals surface area contributed by atoms with Gasteiger partial charge in [-0.3, -0.25) is 4.79 Å². The number of aryl methyl sites for hydroxylation is 1. The highest BCUT2D eigenvalue weighted by molar-refractivity contribution is 5.78.